The van der Waals surface area contributed by atoms with Crippen molar-refractivity contribution in [2.75, 3.05) is 20.1 Å². The minimum absolute atomic E-state index is 0.0352. The highest BCUT2D eigenvalue weighted by molar-refractivity contribution is 5.95. The molecule has 1 aromatic heterocycles. The molecule has 2 heterocycles. The van der Waals surface area contributed by atoms with Crippen LogP contribution in [-0.4, -0.2) is 46.6 Å². The van der Waals surface area contributed by atoms with E-state index < -0.39 is 5.54 Å². The van der Waals surface area contributed by atoms with Crippen LogP contribution in [0, 0.1) is 13.8 Å². The number of carbonyl (C=O) groups excluding carboxylic acids is 2. The maximum atomic E-state index is 13.0. The van der Waals surface area contributed by atoms with Crippen LogP contribution in [0.5, 0.6) is 0 Å². The van der Waals surface area contributed by atoms with Gasteiger partial charge in [-0.3, -0.25) is 14.3 Å². The van der Waals surface area contributed by atoms with Crippen molar-refractivity contribution >= 4 is 11.8 Å². The zero-order valence-corrected chi connectivity index (χ0v) is 15.0. The van der Waals surface area contributed by atoms with E-state index in [1.165, 1.54) is 0 Å². The van der Waals surface area contributed by atoms with E-state index in [0.29, 0.717) is 25.1 Å². The predicted molar refractivity (Wildman–Crippen MR) is 95.3 cm³/mol. The molecule has 1 atom stereocenters. The Balaban J connectivity index is 1.93. The highest BCUT2D eigenvalue weighted by atomic mass is 16.2. The smallest absolute Gasteiger partial charge is 0.253 e. The summed E-state index contributed by atoms with van der Waals surface area (Å²) in [4.78, 5) is 27.5. The second-order valence-corrected chi connectivity index (χ2v) is 6.77. The highest BCUT2D eigenvalue weighted by Gasteiger charge is 2.45. The second kappa shape index (κ2) is 6.70. The predicted octanol–water partition coefficient (Wildman–Crippen LogP) is 1.88. The Bertz CT molecular complexity index is 764. The van der Waals surface area contributed by atoms with E-state index in [-0.39, 0.29) is 11.8 Å². The number of benzene rings is 1. The van der Waals surface area contributed by atoms with E-state index in [0.717, 1.165) is 17.5 Å². The van der Waals surface area contributed by atoms with Crippen molar-refractivity contribution in [2.45, 2.75) is 32.2 Å². The number of aryl methyl sites for hydroxylation is 2. The van der Waals surface area contributed by atoms with E-state index in [4.69, 9.17) is 0 Å². The molecule has 2 amide bonds. The first-order valence-corrected chi connectivity index (χ1v) is 8.56. The Morgan fingerprint density at radius 3 is 2.52 bits per heavy atom. The number of hydrogen-bond donors (Lipinski definition) is 1. The van der Waals surface area contributed by atoms with Gasteiger partial charge in [-0.05, 0) is 44.9 Å². The summed E-state index contributed by atoms with van der Waals surface area (Å²) in [6, 6.07) is 7.65. The quantitative estimate of drug-likeness (QED) is 0.928. The highest BCUT2D eigenvalue weighted by Crippen LogP contribution is 2.30. The van der Waals surface area contributed by atoms with Gasteiger partial charge in [0.25, 0.3) is 5.91 Å². The molecule has 6 nitrogen and oxygen atoms in total. The number of nitrogens with zero attached hydrogens (tertiary/aromatic N) is 3. The third-order valence-electron chi connectivity index (χ3n) is 4.82. The van der Waals surface area contributed by atoms with Gasteiger partial charge in [-0.2, -0.15) is 5.10 Å². The molecule has 1 fully saturated rings. The van der Waals surface area contributed by atoms with Crippen molar-refractivity contribution in [3.05, 3.63) is 53.3 Å². The molecular formula is C19H24N4O2. The van der Waals surface area contributed by atoms with Gasteiger partial charge < -0.3 is 10.2 Å². The SMILES string of the molecule is CNC(=O)C1(n2cccn2)CCCN(C(=O)c2cc(C)cc(C)c2)C1. The average Bonchev–Trinajstić information content (AvgIpc) is 3.14. The van der Waals surface area contributed by atoms with Crippen LogP contribution in [0.25, 0.3) is 0 Å². The summed E-state index contributed by atoms with van der Waals surface area (Å²) in [5.74, 6) is -0.152. The molecule has 132 valence electrons. The fourth-order valence-electron chi connectivity index (χ4n) is 3.72. The first-order chi connectivity index (χ1) is 12.0. The number of likely N-dealkylation sites (N-methyl/N-ethyl adjacent to an activating group) is 1. The average molecular weight is 340 g/mol. The molecule has 1 unspecified atom stereocenters. The molecule has 2 aromatic rings. The molecule has 3 rings (SSSR count). The van der Waals surface area contributed by atoms with Crippen LogP contribution >= 0.6 is 0 Å². The van der Waals surface area contributed by atoms with Crippen molar-refractivity contribution in [3.63, 3.8) is 0 Å². The van der Waals surface area contributed by atoms with E-state index in [1.54, 1.807) is 35.1 Å². The van der Waals surface area contributed by atoms with Gasteiger partial charge in [0.2, 0.25) is 5.91 Å². The number of rotatable bonds is 3. The van der Waals surface area contributed by atoms with E-state index in [2.05, 4.69) is 10.4 Å². The minimum Gasteiger partial charge on any atom is -0.357 e. The molecule has 1 N–H and O–H groups in total. The fourth-order valence-corrected chi connectivity index (χ4v) is 3.72. The molecule has 6 heteroatoms. The fraction of sp³-hybridized carbons (Fsp3) is 0.421. The topological polar surface area (TPSA) is 67.2 Å². The summed E-state index contributed by atoms with van der Waals surface area (Å²) in [5.41, 5.74) is 1.94. The van der Waals surface area contributed by atoms with Crippen molar-refractivity contribution in [1.29, 1.82) is 0 Å². The number of nitrogens with one attached hydrogen (secondary N) is 1. The van der Waals surface area contributed by atoms with Gasteiger partial charge >= 0.3 is 0 Å². The number of amides is 2. The van der Waals surface area contributed by atoms with Crippen LogP contribution < -0.4 is 5.32 Å². The summed E-state index contributed by atoms with van der Waals surface area (Å²) >= 11 is 0. The lowest BCUT2D eigenvalue weighted by atomic mass is 9.87. The van der Waals surface area contributed by atoms with E-state index >= 15 is 0 Å². The van der Waals surface area contributed by atoms with E-state index in [1.807, 2.05) is 32.0 Å². The summed E-state index contributed by atoms with van der Waals surface area (Å²) in [6.45, 7) is 4.93. The molecule has 0 spiro atoms. The Hall–Kier alpha value is -2.63. The zero-order chi connectivity index (χ0) is 18.0. The Kier molecular flexibility index (Phi) is 4.61. The number of aromatic nitrogens is 2. The molecular weight excluding hydrogens is 316 g/mol. The molecule has 1 saturated heterocycles. The van der Waals surface area contributed by atoms with Crippen LogP contribution in [0.3, 0.4) is 0 Å². The molecule has 0 bridgehead atoms. The Morgan fingerprint density at radius 1 is 1.20 bits per heavy atom. The lowest BCUT2D eigenvalue weighted by Gasteiger charge is -2.41. The largest absolute Gasteiger partial charge is 0.357 e. The summed E-state index contributed by atoms with van der Waals surface area (Å²) in [6.07, 6.45) is 4.87. The van der Waals surface area contributed by atoms with Gasteiger partial charge in [-0.15, -0.1) is 0 Å². The number of hydrogen-bond acceptors (Lipinski definition) is 3. The molecule has 0 aliphatic carbocycles. The maximum Gasteiger partial charge on any atom is 0.253 e. The maximum absolute atomic E-state index is 13.0. The van der Waals surface area contributed by atoms with Crippen molar-refractivity contribution in [3.8, 4) is 0 Å². The summed E-state index contributed by atoms with van der Waals surface area (Å²) in [7, 11) is 1.62. The van der Waals surface area contributed by atoms with Crippen molar-refractivity contribution < 1.29 is 9.59 Å². The molecule has 1 aliphatic heterocycles. The van der Waals surface area contributed by atoms with Crippen LogP contribution in [-0.2, 0) is 10.3 Å². The summed E-state index contributed by atoms with van der Waals surface area (Å²) < 4.78 is 1.69. The normalized spacial score (nSPS) is 20.4. The number of carbonyl (C=O) groups is 2. The molecule has 0 saturated carbocycles. The Labute approximate surface area is 147 Å². The summed E-state index contributed by atoms with van der Waals surface area (Å²) in [5, 5.41) is 7.04. The lowest BCUT2D eigenvalue weighted by molar-refractivity contribution is -0.132. The third kappa shape index (κ3) is 3.16. The van der Waals surface area contributed by atoms with E-state index in [9.17, 15) is 9.59 Å². The van der Waals surface area contributed by atoms with Gasteiger partial charge in [0, 0.05) is 31.5 Å². The second-order valence-electron chi connectivity index (χ2n) is 6.77. The van der Waals surface area contributed by atoms with Crippen molar-refractivity contribution in [2.24, 2.45) is 0 Å². The third-order valence-corrected chi connectivity index (χ3v) is 4.82. The zero-order valence-electron chi connectivity index (χ0n) is 15.0. The van der Waals surface area contributed by atoms with Crippen LogP contribution in [0.15, 0.2) is 36.7 Å². The monoisotopic (exact) mass is 340 g/mol. The van der Waals surface area contributed by atoms with Gasteiger partial charge in [-0.1, -0.05) is 17.2 Å². The lowest BCUT2D eigenvalue weighted by Crippen LogP contribution is -2.59. The first-order valence-electron chi connectivity index (χ1n) is 8.56. The standard InChI is InChI=1S/C19H24N4O2/c1-14-10-15(2)12-16(11-14)17(24)22-8-4-6-19(13-22,18(25)20-3)23-9-5-7-21-23/h5,7,9-12H,4,6,8,13H2,1-3H3,(H,20,25). The van der Waals surface area contributed by atoms with Gasteiger partial charge in [0.05, 0.1) is 6.54 Å². The van der Waals surface area contributed by atoms with Crippen molar-refractivity contribution in [1.82, 2.24) is 20.0 Å². The van der Waals surface area contributed by atoms with Gasteiger partial charge in [0.1, 0.15) is 0 Å². The van der Waals surface area contributed by atoms with Crippen LogP contribution in [0.4, 0.5) is 0 Å². The molecule has 0 radical (unpaired) electrons. The van der Waals surface area contributed by atoms with Gasteiger partial charge in [-0.25, -0.2) is 0 Å². The van der Waals surface area contributed by atoms with Gasteiger partial charge in [0.15, 0.2) is 5.54 Å². The minimum atomic E-state index is -0.856. The number of likely N-dealkylation sites (tertiary alicyclic amines) is 1. The Morgan fingerprint density at radius 2 is 1.92 bits per heavy atom. The molecule has 1 aliphatic rings. The molecule has 1 aromatic carbocycles. The number of piperidine rings is 1. The van der Waals surface area contributed by atoms with Crippen LogP contribution in [0.1, 0.15) is 34.3 Å². The van der Waals surface area contributed by atoms with Crippen LogP contribution in [0.2, 0.25) is 0 Å². The molecule has 25 heavy (non-hydrogen) atoms. The first kappa shape index (κ1) is 17.2.